The lowest BCUT2D eigenvalue weighted by molar-refractivity contribution is -0.121. The Morgan fingerprint density at radius 2 is 1.87 bits per heavy atom. The highest BCUT2D eigenvalue weighted by Crippen LogP contribution is 2.17. The maximum absolute atomic E-state index is 11.7. The van der Waals surface area contributed by atoms with Crippen molar-refractivity contribution in [3.63, 3.8) is 0 Å². The van der Waals surface area contributed by atoms with Crippen molar-refractivity contribution in [1.82, 2.24) is 5.32 Å². The second-order valence-electron chi connectivity index (χ2n) is 4.21. The van der Waals surface area contributed by atoms with Crippen LogP contribution in [0.5, 0.6) is 0 Å². The highest BCUT2D eigenvalue weighted by Gasteiger charge is 2.16. The second kappa shape index (κ2) is 4.96. The molecule has 0 unspecified atom stereocenters. The summed E-state index contributed by atoms with van der Waals surface area (Å²) in [5.41, 5.74) is 1.09. The minimum Gasteiger partial charge on any atom is -0.353 e. The predicted octanol–water partition coefficient (Wildman–Crippen LogP) is 2.29. The van der Waals surface area contributed by atoms with E-state index < -0.39 is 0 Å². The van der Waals surface area contributed by atoms with Crippen LogP contribution in [0.1, 0.15) is 31.2 Å². The van der Waals surface area contributed by atoms with Gasteiger partial charge in [-0.05, 0) is 18.4 Å². The minimum atomic E-state index is 0.160. The maximum atomic E-state index is 11.7. The molecule has 2 heteroatoms. The van der Waals surface area contributed by atoms with Gasteiger partial charge in [0.1, 0.15) is 0 Å². The quantitative estimate of drug-likeness (QED) is 0.802. The molecule has 0 saturated heterocycles. The standard InChI is InChI=1S/C13H17NO/c15-13(14-12-8-4-5-9-12)10-11-6-2-1-3-7-11/h1-3,6-7,12H,4-5,8-10H2,(H,14,15). The van der Waals surface area contributed by atoms with Crippen LogP contribution in [-0.2, 0) is 11.2 Å². The van der Waals surface area contributed by atoms with Crippen LogP contribution < -0.4 is 5.32 Å². The fraction of sp³-hybridized carbons (Fsp3) is 0.462. The van der Waals surface area contributed by atoms with Crippen molar-refractivity contribution in [1.29, 1.82) is 0 Å². The van der Waals surface area contributed by atoms with Crippen LogP contribution in [-0.4, -0.2) is 11.9 Å². The van der Waals surface area contributed by atoms with E-state index in [1.54, 1.807) is 0 Å². The van der Waals surface area contributed by atoms with E-state index in [1.165, 1.54) is 12.8 Å². The molecule has 15 heavy (non-hydrogen) atoms. The lowest BCUT2D eigenvalue weighted by Gasteiger charge is -2.11. The van der Waals surface area contributed by atoms with Crippen molar-refractivity contribution in [2.75, 3.05) is 0 Å². The van der Waals surface area contributed by atoms with E-state index in [2.05, 4.69) is 5.32 Å². The number of rotatable bonds is 3. The van der Waals surface area contributed by atoms with Gasteiger partial charge < -0.3 is 5.32 Å². The van der Waals surface area contributed by atoms with Gasteiger partial charge in [-0.25, -0.2) is 0 Å². The Bertz CT molecular complexity index is 315. The molecule has 0 spiro atoms. The monoisotopic (exact) mass is 203 g/mol. The molecule has 1 aliphatic carbocycles. The molecule has 0 aromatic heterocycles. The van der Waals surface area contributed by atoms with Crippen molar-refractivity contribution in [2.45, 2.75) is 38.1 Å². The van der Waals surface area contributed by atoms with Crippen molar-refractivity contribution in [3.05, 3.63) is 35.9 Å². The van der Waals surface area contributed by atoms with Crippen LogP contribution in [0.2, 0.25) is 0 Å². The number of hydrogen-bond donors (Lipinski definition) is 1. The van der Waals surface area contributed by atoms with Crippen molar-refractivity contribution < 1.29 is 4.79 Å². The molecule has 1 aromatic carbocycles. The molecule has 1 amide bonds. The summed E-state index contributed by atoms with van der Waals surface area (Å²) in [6.07, 6.45) is 5.34. The topological polar surface area (TPSA) is 29.1 Å². The molecule has 1 saturated carbocycles. The van der Waals surface area contributed by atoms with Gasteiger partial charge in [-0.1, -0.05) is 43.2 Å². The molecule has 2 rings (SSSR count). The summed E-state index contributed by atoms with van der Waals surface area (Å²) in [5, 5.41) is 3.09. The van der Waals surface area contributed by atoms with Crippen molar-refractivity contribution in [2.24, 2.45) is 0 Å². The zero-order valence-corrected chi connectivity index (χ0v) is 8.91. The highest BCUT2D eigenvalue weighted by atomic mass is 16.1. The summed E-state index contributed by atoms with van der Waals surface area (Å²) in [7, 11) is 0. The summed E-state index contributed by atoms with van der Waals surface area (Å²) in [6.45, 7) is 0. The second-order valence-corrected chi connectivity index (χ2v) is 4.21. The Balaban J connectivity index is 1.82. The van der Waals surface area contributed by atoms with Crippen LogP contribution in [0.4, 0.5) is 0 Å². The normalized spacial score (nSPS) is 16.5. The Morgan fingerprint density at radius 3 is 2.53 bits per heavy atom. The fourth-order valence-corrected chi connectivity index (χ4v) is 2.13. The Morgan fingerprint density at radius 1 is 1.20 bits per heavy atom. The Labute approximate surface area is 90.7 Å². The molecular formula is C13H17NO. The van der Waals surface area contributed by atoms with Gasteiger partial charge >= 0.3 is 0 Å². The molecule has 0 bridgehead atoms. The summed E-state index contributed by atoms with van der Waals surface area (Å²) in [4.78, 5) is 11.7. The van der Waals surface area contributed by atoms with Gasteiger partial charge in [-0.3, -0.25) is 4.79 Å². The number of hydrogen-bond acceptors (Lipinski definition) is 1. The molecular weight excluding hydrogens is 186 g/mol. The first-order valence-electron chi connectivity index (χ1n) is 5.68. The summed E-state index contributed by atoms with van der Waals surface area (Å²) in [6, 6.07) is 10.3. The first-order valence-corrected chi connectivity index (χ1v) is 5.68. The summed E-state index contributed by atoms with van der Waals surface area (Å²) < 4.78 is 0. The number of carbonyl (C=O) groups excluding carboxylic acids is 1. The summed E-state index contributed by atoms with van der Waals surface area (Å²) >= 11 is 0. The van der Waals surface area contributed by atoms with Crippen LogP contribution in [0.25, 0.3) is 0 Å². The number of benzene rings is 1. The Hall–Kier alpha value is -1.31. The molecule has 2 nitrogen and oxygen atoms in total. The molecule has 0 radical (unpaired) electrons. The average Bonchev–Trinajstić information content (AvgIpc) is 2.71. The number of carbonyl (C=O) groups is 1. The van der Waals surface area contributed by atoms with Gasteiger partial charge in [-0.2, -0.15) is 0 Å². The number of amides is 1. The molecule has 1 aliphatic rings. The average molecular weight is 203 g/mol. The van der Waals surface area contributed by atoms with Crippen molar-refractivity contribution in [3.8, 4) is 0 Å². The van der Waals surface area contributed by atoms with Crippen LogP contribution in [0.3, 0.4) is 0 Å². The largest absolute Gasteiger partial charge is 0.353 e. The lowest BCUT2D eigenvalue weighted by atomic mass is 10.1. The van der Waals surface area contributed by atoms with Gasteiger partial charge in [0.05, 0.1) is 6.42 Å². The molecule has 80 valence electrons. The van der Waals surface area contributed by atoms with Crippen molar-refractivity contribution >= 4 is 5.91 Å². The van der Waals surface area contributed by atoms with E-state index in [0.717, 1.165) is 18.4 Å². The van der Waals surface area contributed by atoms with E-state index in [-0.39, 0.29) is 5.91 Å². The molecule has 1 N–H and O–H groups in total. The zero-order chi connectivity index (χ0) is 10.5. The van der Waals surface area contributed by atoms with Crippen LogP contribution >= 0.6 is 0 Å². The van der Waals surface area contributed by atoms with Gasteiger partial charge in [0, 0.05) is 6.04 Å². The molecule has 0 heterocycles. The van der Waals surface area contributed by atoms with Crippen LogP contribution in [0.15, 0.2) is 30.3 Å². The SMILES string of the molecule is O=C(Cc1ccccc1)NC1CCCC1. The van der Waals surface area contributed by atoms with Gasteiger partial charge in [0.15, 0.2) is 0 Å². The molecule has 0 aliphatic heterocycles. The summed E-state index contributed by atoms with van der Waals surface area (Å²) in [5.74, 6) is 0.160. The molecule has 1 fully saturated rings. The van der Waals surface area contributed by atoms with E-state index in [9.17, 15) is 4.79 Å². The molecule has 1 aromatic rings. The third-order valence-electron chi connectivity index (χ3n) is 2.93. The predicted molar refractivity (Wildman–Crippen MR) is 60.5 cm³/mol. The van der Waals surface area contributed by atoms with E-state index >= 15 is 0 Å². The Kier molecular flexibility index (Phi) is 3.38. The first kappa shape index (κ1) is 10.2. The first-order chi connectivity index (χ1) is 7.34. The van der Waals surface area contributed by atoms with Crippen LogP contribution in [0, 0.1) is 0 Å². The van der Waals surface area contributed by atoms with Gasteiger partial charge in [0.2, 0.25) is 5.91 Å². The zero-order valence-electron chi connectivity index (χ0n) is 8.91. The third-order valence-corrected chi connectivity index (χ3v) is 2.93. The third kappa shape index (κ3) is 3.08. The lowest BCUT2D eigenvalue weighted by Crippen LogP contribution is -2.33. The van der Waals surface area contributed by atoms with Gasteiger partial charge in [0.25, 0.3) is 0 Å². The molecule has 0 atom stereocenters. The van der Waals surface area contributed by atoms with E-state index in [0.29, 0.717) is 12.5 Å². The fourth-order valence-electron chi connectivity index (χ4n) is 2.13. The van der Waals surface area contributed by atoms with E-state index in [4.69, 9.17) is 0 Å². The maximum Gasteiger partial charge on any atom is 0.224 e. The van der Waals surface area contributed by atoms with E-state index in [1.807, 2.05) is 30.3 Å². The highest BCUT2D eigenvalue weighted by molar-refractivity contribution is 5.78. The minimum absolute atomic E-state index is 0.160. The smallest absolute Gasteiger partial charge is 0.224 e. The number of nitrogens with one attached hydrogen (secondary N) is 1. The van der Waals surface area contributed by atoms with Gasteiger partial charge in [-0.15, -0.1) is 0 Å².